The molecule has 1 aliphatic rings. The van der Waals surface area contributed by atoms with Crippen molar-refractivity contribution < 1.29 is 13.2 Å². The molecule has 25 heavy (non-hydrogen) atoms. The molecule has 0 aromatic heterocycles. The van der Waals surface area contributed by atoms with Gasteiger partial charge in [0.1, 0.15) is 0 Å². The molecular formula is C18H20N2O3S2. The van der Waals surface area contributed by atoms with Crippen molar-refractivity contribution in [1.29, 1.82) is 0 Å². The standard InChI is InChI=1S/C18H20N2O3S2/c1-12(24-16-9-8-13-4-2-5-14(13)10-16)18(21)20-15-6-3-7-17(11-15)25(19,22)23/h3,6-12H,2,4-5H2,1H3,(H,20,21)(H2,19,22,23)/t12-/m1/s1. The molecular weight excluding hydrogens is 356 g/mol. The van der Waals surface area contributed by atoms with Crippen LogP contribution < -0.4 is 10.5 Å². The number of primary sulfonamides is 1. The lowest BCUT2D eigenvalue weighted by Crippen LogP contribution is -2.22. The molecule has 0 saturated carbocycles. The number of nitrogens with one attached hydrogen (secondary N) is 1. The van der Waals surface area contributed by atoms with Gasteiger partial charge in [0.25, 0.3) is 0 Å². The van der Waals surface area contributed by atoms with E-state index in [9.17, 15) is 13.2 Å². The van der Waals surface area contributed by atoms with Crippen molar-refractivity contribution in [3.63, 3.8) is 0 Å². The summed E-state index contributed by atoms with van der Waals surface area (Å²) in [6.45, 7) is 1.83. The normalized spacial score (nSPS) is 14.8. The van der Waals surface area contributed by atoms with Crippen molar-refractivity contribution in [2.24, 2.45) is 5.14 Å². The minimum absolute atomic E-state index is 0.0239. The zero-order valence-corrected chi connectivity index (χ0v) is 15.5. The van der Waals surface area contributed by atoms with Crippen LogP contribution in [0.1, 0.15) is 24.5 Å². The molecule has 7 heteroatoms. The molecule has 0 spiro atoms. The first-order valence-corrected chi connectivity index (χ1v) is 10.5. The molecule has 0 bridgehead atoms. The Kier molecular flexibility index (Phi) is 5.17. The van der Waals surface area contributed by atoms with Crippen LogP contribution in [0.4, 0.5) is 5.69 Å². The fourth-order valence-electron chi connectivity index (χ4n) is 2.87. The van der Waals surface area contributed by atoms with Gasteiger partial charge < -0.3 is 5.32 Å². The van der Waals surface area contributed by atoms with E-state index in [0.29, 0.717) is 5.69 Å². The van der Waals surface area contributed by atoms with Gasteiger partial charge in [0.05, 0.1) is 10.1 Å². The summed E-state index contributed by atoms with van der Waals surface area (Å²) < 4.78 is 22.8. The monoisotopic (exact) mass is 376 g/mol. The number of benzene rings is 2. The number of anilines is 1. The fraction of sp³-hybridized carbons (Fsp3) is 0.278. The van der Waals surface area contributed by atoms with Crippen molar-refractivity contribution in [3.05, 3.63) is 53.6 Å². The van der Waals surface area contributed by atoms with Crippen molar-refractivity contribution in [1.82, 2.24) is 0 Å². The van der Waals surface area contributed by atoms with Gasteiger partial charge in [-0.05, 0) is 67.6 Å². The van der Waals surface area contributed by atoms with Crippen LogP contribution in [0, 0.1) is 0 Å². The number of amides is 1. The van der Waals surface area contributed by atoms with E-state index in [0.717, 1.165) is 17.7 Å². The van der Waals surface area contributed by atoms with Crippen LogP contribution in [0.15, 0.2) is 52.3 Å². The van der Waals surface area contributed by atoms with Gasteiger partial charge in [0.15, 0.2) is 0 Å². The lowest BCUT2D eigenvalue weighted by molar-refractivity contribution is -0.115. The molecule has 0 radical (unpaired) electrons. The van der Waals surface area contributed by atoms with E-state index in [1.807, 2.05) is 6.92 Å². The third kappa shape index (κ3) is 4.42. The first kappa shape index (κ1) is 18.0. The van der Waals surface area contributed by atoms with Crippen molar-refractivity contribution in [3.8, 4) is 0 Å². The Labute approximate surface area is 152 Å². The number of hydrogen-bond acceptors (Lipinski definition) is 4. The van der Waals surface area contributed by atoms with E-state index < -0.39 is 10.0 Å². The smallest absolute Gasteiger partial charge is 0.238 e. The van der Waals surface area contributed by atoms with Gasteiger partial charge in [-0.25, -0.2) is 13.6 Å². The minimum atomic E-state index is -3.79. The van der Waals surface area contributed by atoms with Crippen LogP contribution in [0.3, 0.4) is 0 Å². The van der Waals surface area contributed by atoms with Gasteiger partial charge in [-0.15, -0.1) is 11.8 Å². The van der Waals surface area contributed by atoms with Crippen LogP contribution >= 0.6 is 11.8 Å². The second-order valence-electron chi connectivity index (χ2n) is 6.11. The van der Waals surface area contributed by atoms with Crippen LogP contribution in [0.2, 0.25) is 0 Å². The molecule has 1 aliphatic carbocycles. The largest absolute Gasteiger partial charge is 0.325 e. The zero-order valence-electron chi connectivity index (χ0n) is 13.9. The average molecular weight is 377 g/mol. The molecule has 0 heterocycles. The van der Waals surface area contributed by atoms with Crippen LogP contribution in [-0.2, 0) is 27.7 Å². The molecule has 3 N–H and O–H groups in total. The van der Waals surface area contributed by atoms with Crippen molar-refractivity contribution in [2.75, 3.05) is 5.32 Å². The number of fused-ring (bicyclic) bond motifs is 1. The Morgan fingerprint density at radius 2 is 1.92 bits per heavy atom. The summed E-state index contributed by atoms with van der Waals surface area (Å²) in [5.74, 6) is -0.183. The van der Waals surface area contributed by atoms with Crippen molar-refractivity contribution in [2.45, 2.75) is 41.2 Å². The predicted octanol–water partition coefficient (Wildman–Crippen LogP) is 2.94. The first-order chi connectivity index (χ1) is 11.8. The predicted molar refractivity (Wildman–Crippen MR) is 100 cm³/mol. The lowest BCUT2D eigenvalue weighted by Gasteiger charge is -2.13. The molecule has 3 rings (SSSR count). The van der Waals surface area contributed by atoms with Gasteiger partial charge in [-0.1, -0.05) is 12.1 Å². The summed E-state index contributed by atoms with van der Waals surface area (Å²) in [5.41, 5.74) is 3.19. The molecule has 2 aromatic carbocycles. The quantitative estimate of drug-likeness (QED) is 0.785. The molecule has 132 valence electrons. The summed E-state index contributed by atoms with van der Waals surface area (Å²) in [5, 5.41) is 7.56. The Morgan fingerprint density at radius 1 is 1.16 bits per heavy atom. The summed E-state index contributed by atoms with van der Waals surface area (Å²) in [4.78, 5) is 13.4. The van der Waals surface area contributed by atoms with Crippen LogP contribution in [-0.4, -0.2) is 19.6 Å². The third-order valence-electron chi connectivity index (χ3n) is 4.18. The summed E-state index contributed by atoms with van der Waals surface area (Å²) in [6, 6.07) is 12.3. The highest BCUT2D eigenvalue weighted by molar-refractivity contribution is 8.00. The Bertz CT molecular complexity index is 910. The molecule has 5 nitrogen and oxygen atoms in total. The maximum Gasteiger partial charge on any atom is 0.238 e. The van der Waals surface area contributed by atoms with E-state index in [-0.39, 0.29) is 16.1 Å². The van der Waals surface area contributed by atoms with E-state index in [4.69, 9.17) is 5.14 Å². The van der Waals surface area contributed by atoms with Gasteiger partial charge >= 0.3 is 0 Å². The number of rotatable bonds is 5. The topological polar surface area (TPSA) is 89.3 Å². The average Bonchev–Trinajstić information content (AvgIpc) is 3.02. The summed E-state index contributed by atoms with van der Waals surface area (Å²) in [7, 11) is -3.79. The number of carbonyl (C=O) groups is 1. The maximum atomic E-state index is 12.4. The van der Waals surface area contributed by atoms with Crippen LogP contribution in [0.5, 0.6) is 0 Å². The number of carbonyl (C=O) groups excluding carboxylic acids is 1. The number of aryl methyl sites for hydroxylation is 2. The Hall–Kier alpha value is -1.83. The lowest BCUT2D eigenvalue weighted by atomic mass is 10.1. The van der Waals surface area contributed by atoms with Gasteiger partial charge in [-0.3, -0.25) is 4.79 Å². The second kappa shape index (κ2) is 7.19. The fourth-order valence-corrected chi connectivity index (χ4v) is 4.36. The zero-order chi connectivity index (χ0) is 18.0. The number of hydrogen-bond donors (Lipinski definition) is 2. The highest BCUT2D eigenvalue weighted by Gasteiger charge is 2.17. The van der Waals surface area contributed by atoms with Gasteiger partial charge in [0, 0.05) is 10.6 Å². The van der Waals surface area contributed by atoms with Crippen molar-refractivity contribution >= 4 is 33.4 Å². The molecule has 0 saturated heterocycles. The Balaban J connectivity index is 1.67. The molecule has 0 fully saturated rings. The van der Waals surface area contributed by atoms with E-state index in [2.05, 4.69) is 23.5 Å². The highest BCUT2D eigenvalue weighted by Crippen LogP contribution is 2.30. The van der Waals surface area contributed by atoms with Crippen LogP contribution in [0.25, 0.3) is 0 Å². The molecule has 1 atom stereocenters. The molecule has 2 aromatic rings. The number of thioether (sulfide) groups is 1. The van der Waals surface area contributed by atoms with E-state index in [1.165, 1.54) is 41.4 Å². The first-order valence-electron chi connectivity index (χ1n) is 8.05. The highest BCUT2D eigenvalue weighted by atomic mass is 32.2. The molecule has 1 amide bonds. The second-order valence-corrected chi connectivity index (χ2v) is 9.08. The van der Waals surface area contributed by atoms with E-state index >= 15 is 0 Å². The molecule has 0 unspecified atom stereocenters. The number of nitrogens with two attached hydrogens (primary N) is 1. The third-order valence-corrected chi connectivity index (χ3v) is 6.19. The summed E-state index contributed by atoms with van der Waals surface area (Å²) >= 11 is 1.49. The maximum absolute atomic E-state index is 12.4. The summed E-state index contributed by atoms with van der Waals surface area (Å²) in [6.07, 6.45) is 3.43. The number of sulfonamides is 1. The van der Waals surface area contributed by atoms with Gasteiger partial charge in [-0.2, -0.15) is 0 Å². The van der Waals surface area contributed by atoms with Gasteiger partial charge in [0.2, 0.25) is 15.9 Å². The minimum Gasteiger partial charge on any atom is -0.325 e. The molecule has 0 aliphatic heterocycles. The van der Waals surface area contributed by atoms with E-state index in [1.54, 1.807) is 12.1 Å². The SMILES string of the molecule is C[C@@H](Sc1ccc2c(c1)CCC2)C(=O)Nc1cccc(S(N)(=O)=O)c1. The Morgan fingerprint density at radius 3 is 2.68 bits per heavy atom.